The van der Waals surface area contributed by atoms with Crippen molar-refractivity contribution in [2.24, 2.45) is 0 Å². The minimum atomic E-state index is -1.84. The Labute approximate surface area is 42.2 Å². The summed E-state index contributed by atoms with van der Waals surface area (Å²) in [7, 11) is -1.84. The predicted molar refractivity (Wildman–Crippen MR) is 22.2 cm³/mol. The Morgan fingerprint density at radius 3 is 2.50 bits per heavy atom. The molecule has 0 aliphatic carbocycles. The molecule has 34 valence electrons. The van der Waals surface area contributed by atoms with Crippen molar-refractivity contribution in [1.29, 1.82) is 5.26 Å². The van der Waals surface area contributed by atoms with Crippen molar-refractivity contribution in [3.05, 3.63) is 0 Å². The van der Waals surface area contributed by atoms with Gasteiger partial charge in [0, 0.05) is 10.0 Å². The number of nitrogens with zero attached hydrogens (tertiary/aromatic N) is 1. The van der Waals surface area contributed by atoms with Crippen LogP contribution in [0.15, 0.2) is 0 Å². The fraction of sp³-hybridized carbons (Fsp3) is 0. The van der Waals surface area contributed by atoms with E-state index < -0.39 is 10.0 Å². The number of nitriles is 1. The van der Waals surface area contributed by atoms with Gasteiger partial charge in [-0.25, -0.2) is 0 Å². The van der Waals surface area contributed by atoms with E-state index in [1.807, 2.05) is 0 Å². The Morgan fingerprint density at radius 1 is 2.00 bits per heavy atom. The third kappa shape index (κ3) is 3.82. The maximum Gasteiger partial charge on any atom is 0.298 e. The van der Waals surface area contributed by atoms with E-state index >= 15 is 0 Å². The predicted octanol–water partition coefficient (Wildman–Crippen LogP) is -0.390. The molecule has 0 bridgehead atoms. The van der Waals surface area contributed by atoms with Gasteiger partial charge in [0.1, 0.15) is 0 Å². The summed E-state index contributed by atoms with van der Waals surface area (Å²) in [5.74, 6) is 0. The maximum absolute atomic E-state index is 9.52. The van der Waals surface area contributed by atoms with Gasteiger partial charge in [-0.15, -0.1) is 5.26 Å². The Kier molecular flexibility index (Phi) is 2.94. The van der Waals surface area contributed by atoms with Crippen LogP contribution in [0.25, 0.3) is 0 Å². The van der Waals surface area contributed by atoms with Crippen molar-refractivity contribution >= 4 is 21.2 Å². The second-order valence-corrected chi connectivity index (χ2v) is 1.77. The zero-order valence-corrected chi connectivity index (χ0v) is 4.21. The first-order valence-electron chi connectivity index (χ1n) is 0.928. The Bertz CT molecular complexity index is 94.2. The average molecular weight is 122 g/mol. The molecule has 0 heterocycles. The Morgan fingerprint density at radius 2 is 2.50 bits per heavy atom. The summed E-state index contributed by atoms with van der Waals surface area (Å²) in [5.41, 5.74) is 0. The van der Waals surface area contributed by atoms with Crippen molar-refractivity contribution in [1.82, 2.24) is 0 Å². The van der Waals surface area contributed by atoms with Crippen LogP contribution in [0.1, 0.15) is 0 Å². The highest BCUT2D eigenvalue weighted by molar-refractivity contribution is 8.23. The van der Waals surface area contributed by atoms with Crippen LogP contribution < -0.4 is 0 Å². The van der Waals surface area contributed by atoms with E-state index in [1.165, 1.54) is 0 Å². The highest BCUT2D eigenvalue weighted by atomic mass is 32.8. The van der Waals surface area contributed by atoms with E-state index in [0.29, 0.717) is 0 Å². The molecule has 0 aromatic carbocycles. The first kappa shape index (κ1) is 5.82. The molecule has 0 rings (SSSR count). The fourth-order valence-electron chi connectivity index (χ4n) is 0.0304. The monoisotopic (exact) mass is 122 g/mol. The molecule has 0 aromatic rings. The Hall–Kier alpha value is -0.180. The zero-order chi connectivity index (χ0) is 4.99. The van der Waals surface area contributed by atoms with Gasteiger partial charge in [-0.2, -0.15) is 0 Å². The second kappa shape index (κ2) is 3.03. The van der Waals surface area contributed by atoms with Crippen molar-refractivity contribution in [3.8, 4) is 6.26 Å². The number of hydrogen-bond donors (Lipinski definition) is 0. The molecule has 0 fully saturated rings. The molecule has 1 atom stereocenters. The topological polar surface area (TPSA) is 56.1 Å². The van der Waals surface area contributed by atoms with Crippen LogP contribution in [0.4, 0.5) is 0 Å². The van der Waals surface area contributed by atoms with E-state index in [-0.39, 0.29) is 0 Å². The van der Waals surface area contributed by atoms with E-state index in [4.69, 9.17) is 5.26 Å². The standard InChI is InChI=1S/CHNO2S2/c2-1-4-6(3)5/h(H,3,5)/p-1. The third-order valence-electron chi connectivity index (χ3n) is 0.105. The molecule has 0 spiro atoms. The van der Waals surface area contributed by atoms with Gasteiger partial charge >= 0.3 is 0 Å². The smallest absolute Gasteiger partial charge is 0.298 e. The molecule has 0 saturated heterocycles. The highest BCUT2D eigenvalue weighted by Crippen LogP contribution is 1.70. The van der Waals surface area contributed by atoms with Crippen LogP contribution in [-0.2, 0) is 25.4 Å². The summed E-state index contributed by atoms with van der Waals surface area (Å²) in [6.45, 7) is 0. The van der Waals surface area contributed by atoms with Gasteiger partial charge in [0.15, 0.2) is 0 Å². The van der Waals surface area contributed by atoms with E-state index in [2.05, 4.69) is 15.4 Å². The summed E-state index contributed by atoms with van der Waals surface area (Å²) in [5, 5.41) is 7.50. The van der Waals surface area contributed by atoms with Crippen LogP contribution in [-0.4, -0.2) is 4.55 Å². The lowest BCUT2D eigenvalue weighted by Crippen LogP contribution is -1.82. The number of rotatable bonds is 1. The van der Waals surface area contributed by atoms with E-state index in [1.54, 1.807) is 0 Å². The first-order valence-corrected chi connectivity index (χ1v) is 2.93. The summed E-state index contributed by atoms with van der Waals surface area (Å²) < 4.78 is 13.2. The second-order valence-electron chi connectivity index (χ2n) is 0.379. The molecule has 6 heavy (non-hydrogen) atoms. The molecule has 0 aliphatic heterocycles. The van der Waals surface area contributed by atoms with Gasteiger partial charge in [-0.05, 0) is 11.2 Å². The quantitative estimate of drug-likeness (QED) is 0.444. The molecular formula is CNO2S2-. The minimum absolute atomic E-state index is 1.16. The summed E-state index contributed by atoms with van der Waals surface area (Å²) in [4.78, 5) is 0. The molecule has 1 unspecified atom stereocenters. The molecule has 0 radical (unpaired) electrons. The minimum Gasteiger partial charge on any atom is -0.762 e. The lowest BCUT2D eigenvalue weighted by molar-refractivity contribution is 0.479. The van der Waals surface area contributed by atoms with Crippen molar-refractivity contribution in [3.63, 3.8) is 0 Å². The van der Waals surface area contributed by atoms with Crippen LogP contribution in [0.5, 0.6) is 0 Å². The molecule has 0 aromatic heterocycles. The number of hydrogen-bond acceptors (Lipinski definition) is 4. The SMILES string of the molecule is N#COS([O-])=S. The van der Waals surface area contributed by atoms with Gasteiger partial charge in [0.05, 0.1) is 0 Å². The van der Waals surface area contributed by atoms with Crippen LogP contribution >= 0.6 is 0 Å². The highest BCUT2D eigenvalue weighted by Gasteiger charge is 1.63. The summed E-state index contributed by atoms with van der Waals surface area (Å²) in [6, 6.07) is 0. The largest absolute Gasteiger partial charge is 0.762 e. The average Bonchev–Trinajstić information content (AvgIpc) is 1.35. The normalized spacial score (nSPS) is 12.0. The summed E-state index contributed by atoms with van der Waals surface area (Å²) in [6.07, 6.45) is 1.16. The van der Waals surface area contributed by atoms with Crippen LogP contribution in [0, 0.1) is 11.5 Å². The maximum atomic E-state index is 9.52. The first-order chi connectivity index (χ1) is 2.77. The van der Waals surface area contributed by atoms with Gasteiger partial charge in [-0.1, -0.05) is 0 Å². The molecule has 0 N–H and O–H groups in total. The fourth-order valence-corrected chi connectivity index (χ4v) is 0.183. The van der Waals surface area contributed by atoms with Crippen molar-refractivity contribution in [2.45, 2.75) is 0 Å². The molecular weight excluding hydrogens is 122 g/mol. The van der Waals surface area contributed by atoms with Crippen molar-refractivity contribution in [2.75, 3.05) is 0 Å². The third-order valence-corrected chi connectivity index (χ3v) is 0.520. The molecule has 0 saturated carbocycles. The summed E-state index contributed by atoms with van der Waals surface area (Å²) >= 11 is 3.91. The van der Waals surface area contributed by atoms with Gasteiger partial charge in [0.25, 0.3) is 6.26 Å². The molecule has 5 heteroatoms. The van der Waals surface area contributed by atoms with Crippen molar-refractivity contribution < 1.29 is 8.74 Å². The van der Waals surface area contributed by atoms with Gasteiger partial charge < -0.3 is 8.74 Å². The van der Waals surface area contributed by atoms with Crippen LogP contribution in [0.2, 0.25) is 0 Å². The van der Waals surface area contributed by atoms with Crippen LogP contribution in [0.3, 0.4) is 0 Å². The van der Waals surface area contributed by atoms with E-state index in [0.717, 1.165) is 6.26 Å². The molecule has 3 nitrogen and oxygen atoms in total. The molecule has 0 aliphatic rings. The zero-order valence-electron chi connectivity index (χ0n) is 2.58. The Balaban J connectivity index is 3.13. The van der Waals surface area contributed by atoms with Gasteiger partial charge in [0.2, 0.25) is 0 Å². The lowest BCUT2D eigenvalue weighted by Gasteiger charge is -1.97. The lowest BCUT2D eigenvalue weighted by atomic mass is 11.6. The van der Waals surface area contributed by atoms with E-state index in [9.17, 15) is 4.55 Å². The molecule has 0 amide bonds. The van der Waals surface area contributed by atoms with Gasteiger partial charge in [-0.3, -0.25) is 0 Å².